The molecule has 0 bridgehead atoms. The van der Waals surface area contributed by atoms with Crippen LogP contribution in [0.2, 0.25) is 5.02 Å². The molecule has 1 aromatic heterocycles. The van der Waals surface area contributed by atoms with Crippen LogP contribution in [0.4, 0.5) is 14.6 Å². The molecule has 3 aliphatic heterocycles. The van der Waals surface area contributed by atoms with Crippen molar-refractivity contribution >= 4 is 49.9 Å². The standard InChI is InChI=1S/C22H19ClF2N4O3S2/c23-14-8-13-19-20(18(14)12-2-1-11(24)7-15(12)25)33-6-5-29(19)22(30)27-21(13)28-4-3-26-16-9-34(31,32)10-17(16)28/h1-2,7-8,16-17,26H,3-6,9-10H2. The van der Waals surface area contributed by atoms with Crippen LogP contribution < -0.4 is 15.9 Å². The molecule has 2 atom stereocenters. The predicted molar refractivity (Wildman–Crippen MR) is 129 cm³/mol. The molecule has 3 aromatic rings. The lowest BCUT2D eigenvalue weighted by Gasteiger charge is -2.39. The van der Waals surface area contributed by atoms with Crippen molar-refractivity contribution < 1.29 is 17.2 Å². The van der Waals surface area contributed by atoms with Gasteiger partial charge in [0.15, 0.2) is 9.84 Å². The molecule has 0 aliphatic carbocycles. The average Bonchev–Trinajstić information content (AvgIpc) is 3.11. The summed E-state index contributed by atoms with van der Waals surface area (Å²) in [6, 6.07) is 4.38. The van der Waals surface area contributed by atoms with Gasteiger partial charge in [0.25, 0.3) is 0 Å². The van der Waals surface area contributed by atoms with E-state index >= 15 is 0 Å². The SMILES string of the molecule is O=c1nc(N2CCNC3CS(=O)(=O)CC32)c2cc(Cl)c(-c3ccc(F)cc3F)c3c2n1CCS3. The van der Waals surface area contributed by atoms with Gasteiger partial charge in [-0.1, -0.05) is 11.6 Å². The largest absolute Gasteiger partial charge is 0.350 e. The van der Waals surface area contributed by atoms with Crippen LogP contribution in [0.1, 0.15) is 0 Å². The Hall–Kier alpha value is -2.21. The fourth-order valence-corrected chi connectivity index (χ4v) is 8.76. The number of thioether (sulfide) groups is 1. The highest BCUT2D eigenvalue weighted by molar-refractivity contribution is 7.99. The Kier molecular flexibility index (Phi) is 5.18. The van der Waals surface area contributed by atoms with Crippen LogP contribution in [-0.4, -0.2) is 60.4 Å². The molecule has 2 saturated heterocycles. The number of nitrogens with one attached hydrogen (secondary N) is 1. The topological polar surface area (TPSA) is 84.3 Å². The number of benzene rings is 2. The Bertz CT molecular complexity index is 1530. The number of nitrogens with zero attached hydrogens (tertiary/aromatic N) is 3. The summed E-state index contributed by atoms with van der Waals surface area (Å²) in [4.78, 5) is 20.0. The lowest BCUT2D eigenvalue weighted by atomic mass is 10.0. The molecule has 0 amide bonds. The van der Waals surface area contributed by atoms with Crippen molar-refractivity contribution in [1.29, 1.82) is 0 Å². The zero-order valence-electron chi connectivity index (χ0n) is 17.7. The molecule has 0 spiro atoms. The van der Waals surface area contributed by atoms with E-state index < -0.39 is 27.2 Å². The lowest BCUT2D eigenvalue weighted by molar-refractivity contribution is 0.423. The van der Waals surface area contributed by atoms with E-state index in [1.807, 2.05) is 4.90 Å². The number of fused-ring (bicyclic) bond motifs is 1. The van der Waals surface area contributed by atoms with Gasteiger partial charge in [0.05, 0.1) is 28.1 Å². The Morgan fingerprint density at radius 1 is 1.18 bits per heavy atom. The molecule has 6 rings (SSSR count). The minimum Gasteiger partial charge on any atom is -0.349 e. The van der Waals surface area contributed by atoms with Crippen molar-refractivity contribution in [3.05, 3.63) is 51.4 Å². The van der Waals surface area contributed by atoms with Gasteiger partial charge in [0, 0.05) is 58.9 Å². The van der Waals surface area contributed by atoms with Crippen LogP contribution in [0, 0.1) is 11.6 Å². The normalized spacial score (nSPS) is 23.3. The first kappa shape index (κ1) is 22.3. The van der Waals surface area contributed by atoms with Crippen LogP contribution >= 0.6 is 23.4 Å². The summed E-state index contributed by atoms with van der Waals surface area (Å²) in [7, 11) is -3.22. The number of sulfone groups is 1. The van der Waals surface area contributed by atoms with E-state index in [2.05, 4.69) is 10.3 Å². The number of anilines is 1. The van der Waals surface area contributed by atoms with Crippen molar-refractivity contribution in [2.24, 2.45) is 0 Å². The van der Waals surface area contributed by atoms with Gasteiger partial charge in [-0.15, -0.1) is 11.8 Å². The Balaban J connectivity index is 1.62. The first-order valence-electron chi connectivity index (χ1n) is 10.8. The molecule has 34 heavy (non-hydrogen) atoms. The zero-order chi connectivity index (χ0) is 23.8. The summed E-state index contributed by atoms with van der Waals surface area (Å²) in [5, 5.41) is 4.13. The van der Waals surface area contributed by atoms with Crippen molar-refractivity contribution in [3.8, 4) is 11.1 Å². The third kappa shape index (κ3) is 3.43. The molecule has 0 saturated carbocycles. The number of piperazine rings is 1. The van der Waals surface area contributed by atoms with Gasteiger partial charge in [-0.25, -0.2) is 22.0 Å². The molecule has 12 heteroatoms. The van der Waals surface area contributed by atoms with Crippen molar-refractivity contribution in [3.63, 3.8) is 0 Å². The monoisotopic (exact) mass is 524 g/mol. The van der Waals surface area contributed by atoms with Crippen LogP contribution in [0.25, 0.3) is 22.0 Å². The highest BCUT2D eigenvalue weighted by Crippen LogP contribution is 2.46. The van der Waals surface area contributed by atoms with Crippen molar-refractivity contribution in [2.75, 3.05) is 35.2 Å². The molecule has 4 heterocycles. The molecule has 2 aromatic carbocycles. The van der Waals surface area contributed by atoms with E-state index in [9.17, 15) is 22.0 Å². The van der Waals surface area contributed by atoms with Gasteiger partial charge in [-0.05, 0) is 18.2 Å². The molecule has 0 radical (unpaired) electrons. The number of aromatic nitrogens is 2. The first-order valence-corrected chi connectivity index (χ1v) is 14.0. The molecule has 2 unspecified atom stereocenters. The second-order valence-corrected chi connectivity index (χ2v) is 12.4. The van der Waals surface area contributed by atoms with Gasteiger partial charge in [-0.3, -0.25) is 4.57 Å². The highest BCUT2D eigenvalue weighted by Gasteiger charge is 2.44. The quantitative estimate of drug-likeness (QED) is 0.552. The average molecular weight is 525 g/mol. The maximum absolute atomic E-state index is 14.8. The fourth-order valence-electron chi connectivity index (χ4n) is 5.24. The minimum absolute atomic E-state index is 0.0227. The Labute approximate surface area is 203 Å². The van der Waals surface area contributed by atoms with E-state index in [1.54, 1.807) is 10.6 Å². The molecule has 178 valence electrons. The van der Waals surface area contributed by atoms with E-state index in [0.717, 1.165) is 6.07 Å². The summed E-state index contributed by atoms with van der Waals surface area (Å²) in [6.45, 7) is 1.46. The smallest absolute Gasteiger partial charge is 0.349 e. The van der Waals surface area contributed by atoms with Gasteiger partial charge in [0.1, 0.15) is 17.5 Å². The van der Waals surface area contributed by atoms with Gasteiger partial charge in [-0.2, -0.15) is 4.98 Å². The third-order valence-electron chi connectivity index (χ3n) is 6.67. The summed E-state index contributed by atoms with van der Waals surface area (Å²) in [5.74, 6) is -0.461. The summed E-state index contributed by atoms with van der Waals surface area (Å²) < 4.78 is 54.6. The summed E-state index contributed by atoms with van der Waals surface area (Å²) in [6.07, 6.45) is 0. The second-order valence-electron chi connectivity index (χ2n) is 8.70. The zero-order valence-corrected chi connectivity index (χ0v) is 20.1. The maximum atomic E-state index is 14.8. The highest BCUT2D eigenvalue weighted by atomic mass is 35.5. The minimum atomic E-state index is -3.22. The number of halogens is 3. The summed E-state index contributed by atoms with van der Waals surface area (Å²) >= 11 is 8.16. The Morgan fingerprint density at radius 3 is 2.79 bits per heavy atom. The predicted octanol–water partition coefficient (Wildman–Crippen LogP) is 2.68. The van der Waals surface area contributed by atoms with Crippen molar-refractivity contribution in [2.45, 2.75) is 23.5 Å². The molecule has 2 fully saturated rings. The summed E-state index contributed by atoms with van der Waals surface area (Å²) in [5.41, 5.74) is 0.695. The second kappa shape index (κ2) is 7.91. The van der Waals surface area contributed by atoms with E-state index in [1.165, 1.54) is 23.9 Å². The molecule has 1 N–H and O–H groups in total. The molecular weight excluding hydrogens is 506 g/mol. The van der Waals surface area contributed by atoms with Crippen molar-refractivity contribution in [1.82, 2.24) is 14.9 Å². The maximum Gasteiger partial charge on any atom is 0.350 e. The van der Waals surface area contributed by atoms with Gasteiger partial charge >= 0.3 is 5.69 Å². The third-order valence-corrected chi connectivity index (χ3v) is 9.75. The van der Waals surface area contributed by atoms with E-state index in [-0.39, 0.29) is 34.2 Å². The van der Waals surface area contributed by atoms with Crippen LogP contribution in [0.15, 0.2) is 34.0 Å². The molecule has 7 nitrogen and oxygen atoms in total. The van der Waals surface area contributed by atoms with Crippen LogP contribution in [0.3, 0.4) is 0 Å². The fraction of sp³-hybridized carbons (Fsp3) is 0.364. The number of hydrogen-bond acceptors (Lipinski definition) is 7. The van der Waals surface area contributed by atoms with Crippen LogP contribution in [0.5, 0.6) is 0 Å². The van der Waals surface area contributed by atoms with E-state index in [0.29, 0.717) is 52.6 Å². The van der Waals surface area contributed by atoms with Crippen LogP contribution in [-0.2, 0) is 16.4 Å². The number of hydrogen-bond donors (Lipinski definition) is 1. The van der Waals surface area contributed by atoms with Gasteiger partial charge < -0.3 is 10.2 Å². The lowest BCUT2D eigenvalue weighted by Crippen LogP contribution is -2.58. The van der Waals surface area contributed by atoms with Gasteiger partial charge in [0.2, 0.25) is 0 Å². The Morgan fingerprint density at radius 2 is 2.00 bits per heavy atom. The molecule has 3 aliphatic rings. The number of aryl methyl sites for hydroxylation is 1. The molecular formula is C22H19ClF2N4O3S2. The number of rotatable bonds is 2. The first-order chi connectivity index (χ1) is 16.2. The van der Waals surface area contributed by atoms with E-state index in [4.69, 9.17) is 11.6 Å².